The molecule has 0 amide bonds. The second-order valence-electron chi connectivity index (χ2n) is 5.11. The molecule has 0 aliphatic carbocycles. The van der Waals surface area contributed by atoms with Gasteiger partial charge in [-0.1, -0.05) is 12.1 Å². The molecule has 0 saturated carbocycles. The zero-order chi connectivity index (χ0) is 15.7. The molecule has 1 aliphatic rings. The quantitative estimate of drug-likeness (QED) is 0.807. The zero-order valence-electron chi connectivity index (χ0n) is 12.5. The molecule has 0 saturated heterocycles. The van der Waals surface area contributed by atoms with Gasteiger partial charge in [-0.25, -0.2) is 0 Å². The third-order valence-electron chi connectivity index (χ3n) is 3.76. The van der Waals surface area contributed by atoms with Crippen LogP contribution in [0.1, 0.15) is 29.7 Å². The van der Waals surface area contributed by atoms with Crippen molar-refractivity contribution in [3.05, 3.63) is 52.5 Å². The van der Waals surface area contributed by atoms with Crippen molar-refractivity contribution in [2.24, 2.45) is 5.73 Å². The Balaban J connectivity index is 2.10. The van der Waals surface area contributed by atoms with Gasteiger partial charge in [0, 0.05) is 11.3 Å². The summed E-state index contributed by atoms with van der Waals surface area (Å²) in [6.07, 6.45) is 0. The van der Waals surface area contributed by atoms with E-state index in [0.29, 0.717) is 23.8 Å². The highest BCUT2D eigenvalue weighted by atomic mass is 16.5. The van der Waals surface area contributed by atoms with Gasteiger partial charge in [-0.15, -0.1) is 0 Å². The van der Waals surface area contributed by atoms with E-state index in [1.807, 2.05) is 38.1 Å². The van der Waals surface area contributed by atoms with Gasteiger partial charge in [0.1, 0.15) is 11.6 Å². The van der Waals surface area contributed by atoms with E-state index in [1.165, 1.54) is 0 Å². The minimum Gasteiger partial charge on any atom is -0.494 e. The number of hydrogen-bond acceptors (Lipinski definition) is 5. The number of aryl methyl sites for hydroxylation is 1. The molecule has 6 nitrogen and oxygen atoms in total. The average molecular weight is 295 g/mol. The highest BCUT2D eigenvalue weighted by molar-refractivity contribution is 5.65. The van der Waals surface area contributed by atoms with Crippen LogP contribution in [0.3, 0.4) is 0 Å². The molecular formula is C16H17N5O. The first kappa shape index (κ1) is 14.0. The number of rotatable bonds is 3. The molecule has 2 aromatic rings. The summed E-state index contributed by atoms with van der Waals surface area (Å²) in [6, 6.07) is 9.95. The summed E-state index contributed by atoms with van der Waals surface area (Å²) < 4.78 is 5.47. The number of benzene rings is 1. The number of aromatic nitrogens is 2. The first-order valence-electron chi connectivity index (χ1n) is 7.10. The fraction of sp³-hybridized carbons (Fsp3) is 0.250. The molecule has 1 aromatic heterocycles. The number of fused-ring (bicyclic) bond motifs is 1. The van der Waals surface area contributed by atoms with Gasteiger partial charge in [0.05, 0.1) is 24.2 Å². The van der Waals surface area contributed by atoms with E-state index >= 15 is 0 Å². The van der Waals surface area contributed by atoms with E-state index in [1.54, 1.807) is 0 Å². The van der Waals surface area contributed by atoms with E-state index < -0.39 is 0 Å². The SMILES string of the molecule is CCOc1ccc(C2C(C#N)=C(N)Nc3n[nH]c(C)c32)cc1. The summed E-state index contributed by atoms with van der Waals surface area (Å²) >= 11 is 0. The van der Waals surface area contributed by atoms with Crippen molar-refractivity contribution >= 4 is 5.82 Å². The maximum atomic E-state index is 9.50. The summed E-state index contributed by atoms with van der Waals surface area (Å²) in [5, 5.41) is 19.6. The van der Waals surface area contributed by atoms with Crippen LogP contribution in [0.5, 0.6) is 5.75 Å². The smallest absolute Gasteiger partial charge is 0.157 e. The summed E-state index contributed by atoms with van der Waals surface area (Å²) in [7, 11) is 0. The molecule has 0 bridgehead atoms. The fourth-order valence-corrected chi connectivity index (χ4v) is 2.76. The number of aromatic amines is 1. The van der Waals surface area contributed by atoms with Gasteiger partial charge in [0.2, 0.25) is 0 Å². The third kappa shape index (κ3) is 2.17. The van der Waals surface area contributed by atoms with Crippen molar-refractivity contribution in [1.82, 2.24) is 10.2 Å². The molecule has 2 heterocycles. The average Bonchev–Trinajstić information content (AvgIpc) is 2.88. The number of nitrogens with zero attached hydrogens (tertiary/aromatic N) is 2. The lowest BCUT2D eigenvalue weighted by molar-refractivity contribution is 0.340. The van der Waals surface area contributed by atoms with Crippen molar-refractivity contribution in [1.29, 1.82) is 5.26 Å². The Bertz CT molecular complexity index is 767. The maximum Gasteiger partial charge on any atom is 0.157 e. The molecule has 4 N–H and O–H groups in total. The first-order valence-corrected chi connectivity index (χ1v) is 7.10. The molecule has 1 aliphatic heterocycles. The number of anilines is 1. The lowest BCUT2D eigenvalue weighted by atomic mass is 9.83. The molecule has 0 radical (unpaired) electrons. The number of hydrogen-bond donors (Lipinski definition) is 3. The summed E-state index contributed by atoms with van der Waals surface area (Å²) in [5.74, 6) is 1.60. The molecule has 3 rings (SSSR count). The molecule has 112 valence electrons. The standard InChI is InChI=1S/C16H17N5O/c1-3-22-11-6-4-10(5-7-11)14-12(8-17)15(18)19-16-13(14)9(2)20-21-16/h4-7,14H,3,18H2,1-2H3,(H2,19,20,21). The molecule has 1 atom stereocenters. The second-order valence-corrected chi connectivity index (χ2v) is 5.11. The van der Waals surface area contributed by atoms with Crippen molar-refractivity contribution in [2.45, 2.75) is 19.8 Å². The van der Waals surface area contributed by atoms with Gasteiger partial charge in [-0.05, 0) is 31.5 Å². The molecule has 1 aromatic carbocycles. The van der Waals surface area contributed by atoms with Crippen LogP contribution in [0.2, 0.25) is 0 Å². The van der Waals surface area contributed by atoms with E-state index in [0.717, 1.165) is 22.6 Å². The van der Waals surface area contributed by atoms with E-state index in [4.69, 9.17) is 10.5 Å². The number of H-pyrrole nitrogens is 1. The number of nitriles is 1. The van der Waals surface area contributed by atoms with Crippen LogP contribution in [-0.2, 0) is 0 Å². The Morgan fingerprint density at radius 1 is 1.36 bits per heavy atom. The summed E-state index contributed by atoms with van der Waals surface area (Å²) in [4.78, 5) is 0. The largest absolute Gasteiger partial charge is 0.494 e. The topological polar surface area (TPSA) is 99.8 Å². The third-order valence-corrected chi connectivity index (χ3v) is 3.76. The minimum absolute atomic E-state index is 0.226. The molecule has 1 unspecified atom stereocenters. The number of ether oxygens (including phenoxy) is 1. The van der Waals surface area contributed by atoms with E-state index in [2.05, 4.69) is 21.6 Å². The highest BCUT2D eigenvalue weighted by Crippen LogP contribution is 2.41. The van der Waals surface area contributed by atoms with Crippen LogP contribution in [0.15, 0.2) is 35.7 Å². The van der Waals surface area contributed by atoms with Gasteiger partial charge < -0.3 is 15.8 Å². The van der Waals surface area contributed by atoms with E-state index in [9.17, 15) is 5.26 Å². The minimum atomic E-state index is -0.226. The normalized spacial score (nSPS) is 16.7. The van der Waals surface area contributed by atoms with Gasteiger partial charge in [-0.2, -0.15) is 10.4 Å². The zero-order valence-corrected chi connectivity index (χ0v) is 12.5. The van der Waals surface area contributed by atoms with Crippen LogP contribution in [0.4, 0.5) is 5.82 Å². The van der Waals surface area contributed by atoms with Crippen LogP contribution in [0.25, 0.3) is 0 Å². The number of allylic oxidation sites excluding steroid dienone is 1. The Kier molecular flexibility index (Phi) is 3.47. The van der Waals surface area contributed by atoms with Crippen LogP contribution >= 0.6 is 0 Å². The van der Waals surface area contributed by atoms with Gasteiger partial charge in [0.15, 0.2) is 5.82 Å². The predicted molar refractivity (Wildman–Crippen MR) is 83.2 cm³/mol. The predicted octanol–water partition coefficient (Wildman–Crippen LogP) is 2.37. The molecular weight excluding hydrogens is 278 g/mol. The van der Waals surface area contributed by atoms with Gasteiger partial charge >= 0.3 is 0 Å². The molecule has 6 heteroatoms. The second kappa shape index (κ2) is 5.45. The molecule has 22 heavy (non-hydrogen) atoms. The van der Waals surface area contributed by atoms with Crippen molar-refractivity contribution in [2.75, 3.05) is 11.9 Å². The van der Waals surface area contributed by atoms with E-state index in [-0.39, 0.29) is 5.92 Å². The monoisotopic (exact) mass is 295 g/mol. The Labute approximate surface area is 128 Å². The lowest BCUT2D eigenvalue weighted by Crippen LogP contribution is -2.23. The molecule has 0 fully saturated rings. The summed E-state index contributed by atoms with van der Waals surface area (Å²) in [6.45, 7) is 4.50. The van der Waals surface area contributed by atoms with Gasteiger partial charge in [0.25, 0.3) is 0 Å². The Morgan fingerprint density at radius 3 is 2.73 bits per heavy atom. The summed E-state index contributed by atoms with van der Waals surface area (Å²) in [5.41, 5.74) is 9.34. The maximum absolute atomic E-state index is 9.50. The lowest BCUT2D eigenvalue weighted by Gasteiger charge is -2.24. The number of nitrogens with one attached hydrogen (secondary N) is 2. The van der Waals surface area contributed by atoms with Crippen molar-refractivity contribution in [3.8, 4) is 11.8 Å². The highest BCUT2D eigenvalue weighted by Gasteiger charge is 2.32. The van der Waals surface area contributed by atoms with Crippen LogP contribution < -0.4 is 15.8 Å². The van der Waals surface area contributed by atoms with Crippen LogP contribution in [0, 0.1) is 18.3 Å². The number of nitrogens with two attached hydrogens (primary N) is 1. The Morgan fingerprint density at radius 2 is 2.09 bits per heavy atom. The fourth-order valence-electron chi connectivity index (χ4n) is 2.76. The molecule has 0 spiro atoms. The van der Waals surface area contributed by atoms with Crippen molar-refractivity contribution in [3.63, 3.8) is 0 Å². The van der Waals surface area contributed by atoms with Crippen molar-refractivity contribution < 1.29 is 4.74 Å². The van der Waals surface area contributed by atoms with Gasteiger partial charge in [-0.3, -0.25) is 5.10 Å². The Hall–Kier alpha value is -2.94. The van der Waals surface area contributed by atoms with Crippen LogP contribution in [-0.4, -0.2) is 16.8 Å². The first-order chi connectivity index (χ1) is 10.7.